The molecule has 0 aromatic heterocycles. The maximum absolute atomic E-state index is 11.8. The van der Waals surface area contributed by atoms with Crippen LogP contribution in [0.3, 0.4) is 0 Å². The number of nitrogens with one attached hydrogen (secondary N) is 1. The van der Waals surface area contributed by atoms with E-state index in [0.29, 0.717) is 23.4 Å². The van der Waals surface area contributed by atoms with Crippen molar-refractivity contribution >= 4 is 23.3 Å². The van der Waals surface area contributed by atoms with Crippen LogP contribution < -0.4 is 10.1 Å². The van der Waals surface area contributed by atoms with E-state index in [9.17, 15) is 14.4 Å². The van der Waals surface area contributed by atoms with Crippen LogP contribution in [0.5, 0.6) is 5.75 Å². The fourth-order valence-electron chi connectivity index (χ4n) is 2.35. The molecule has 0 aliphatic rings. The summed E-state index contributed by atoms with van der Waals surface area (Å²) in [5.74, 6) is -0.233. The number of carbonyl (C=O) groups excluding carboxylic acids is 3. The Bertz CT molecular complexity index is 783. The zero-order valence-corrected chi connectivity index (χ0v) is 14.8. The van der Waals surface area contributed by atoms with Crippen molar-refractivity contribution in [2.45, 2.75) is 19.8 Å². The number of hydrogen-bond donors (Lipinski definition) is 1. The van der Waals surface area contributed by atoms with Crippen molar-refractivity contribution in [3.63, 3.8) is 0 Å². The SMILES string of the molecule is COc1ccccc1CCC(=O)OCC(=O)Nc1ccc(C(C)=O)cc1. The molecule has 1 N–H and O–H groups in total. The van der Waals surface area contributed by atoms with Gasteiger partial charge < -0.3 is 14.8 Å². The summed E-state index contributed by atoms with van der Waals surface area (Å²) in [6.07, 6.45) is 0.623. The molecule has 0 aliphatic heterocycles. The smallest absolute Gasteiger partial charge is 0.306 e. The predicted molar refractivity (Wildman–Crippen MR) is 97.4 cm³/mol. The lowest BCUT2D eigenvalue weighted by Crippen LogP contribution is -2.21. The van der Waals surface area contributed by atoms with E-state index in [2.05, 4.69) is 5.32 Å². The number of carbonyl (C=O) groups is 3. The first-order chi connectivity index (χ1) is 12.5. The largest absolute Gasteiger partial charge is 0.496 e. The van der Waals surface area contributed by atoms with E-state index < -0.39 is 11.9 Å². The third-order valence-electron chi connectivity index (χ3n) is 3.73. The molecular formula is C20H21NO5. The van der Waals surface area contributed by atoms with Crippen LogP contribution in [0.4, 0.5) is 5.69 Å². The fourth-order valence-corrected chi connectivity index (χ4v) is 2.35. The number of benzene rings is 2. The van der Waals surface area contributed by atoms with E-state index in [-0.39, 0.29) is 18.8 Å². The first-order valence-corrected chi connectivity index (χ1v) is 8.18. The predicted octanol–water partition coefficient (Wildman–Crippen LogP) is 3.01. The second-order valence-electron chi connectivity index (χ2n) is 5.65. The minimum Gasteiger partial charge on any atom is -0.496 e. The second kappa shape index (κ2) is 9.36. The van der Waals surface area contributed by atoms with Gasteiger partial charge in [0.1, 0.15) is 5.75 Å². The van der Waals surface area contributed by atoms with E-state index in [0.717, 1.165) is 5.56 Å². The van der Waals surface area contributed by atoms with Crippen LogP contribution in [0.15, 0.2) is 48.5 Å². The zero-order valence-electron chi connectivity index (χ0n) is 14.8. The zero-order chi connectivity index (χ0) is 18.9. The average molecular weight is 355 g/mol. The molecule has 26 heavy (non-hydrogen) atoms. The van der Waals surface area contributed by atoms with Gasteiger partial charge in [-0.15, -0.1) is 0 Å². The Balaban J connectivity index is 1.76. The van der Waals surface area contributed by atoms with Gasteiger partial charge >= 0.3 is 5.97 Å². The minimum atomic E-state index is -0.460. The van der Waals surface area contributed by atoms with E-state index >= 15 is 0 Å². The summed E-state index contributed by atoms with van der Waals surface area (Å²) in [7, 11) is 1.57. The molecule has 0 saturated carbocycles. The average Bonchev–Trinajstić information content (AvgIpc) is 2.65. The fraction of sp³-hybridized carbons (Fsp3) is 0.250. The van der Waals surface area contributed by atoms with Gasteiger partial charge in [0.15, 0.2) is 12.4 Å². The first kappa shape index (κ1) is 19.2. The normalized spacial score (nSPS) is 10.1. The molecule has 6 nitrogen and oxygen atoms in total. The molecule has 2 aromatic rings. The monoisotopic (exact) mass is 355 g/mol. The van der Waals surface area contributed by atoms with Crippen molar-refractivity contribution in [1.29, 1.82) is 0 Å². The number of esters is 1. The maximum atomic E-state index is 11.8. The van der Waals surface area contributed by atoms with Crippen molar-refractivity contribution in [3.05, 3.63) is 59.7 Å². The lowest BCUT2D eigenvalue weighted by atomic mass is 10.1. The number of anilines is 1. The number of amides is 1. The Morgan fingerprint density at radius 2 is 1.69 bits per heavy atom. The van der Waals surface area contributed by atoms with Gasteiger partial charge in [-0.2, -0.15) is 0 Å². The highest BCUT2D eigenvalue weighted by molar-refractivity contribution is 5.96. The van der Waals surface area contributed by atoms with Gasteiger partial charge in [0.2, 0.25) is 0 Å². The van der Waals surface area contributed by atoms with E-state index in [1.807, 2.05) is 24.3 Å². The summed E-state index contributed by atoms with van der Waals surface area (Å²) in [6, 6.07) is 13.9. The minimum absolute atomic E-state index is 0.0492. The summed E-state index contributed by atoms with van der Waals surface area (Å²) in [5, 5.41) is 2.61. The molecule has 0 bridgehead atoms. The Morgan fingerprint density at radius 3 is 2.35 bits per heavy atom. The van der Waals surface area contributed by atoms with Crippen LogP contribution in [-0.2, 0) is 20.7 Å². The third-order valence-corrected chi connectivity index (χ3v) is 3.73. The summed E-state index contributed by atoms with van der Waals surface area (Å²) < 4.78 is 10.2. The number of aryl methyl sites for hydroxylation is 1. The second-order valence-corrected chi connectivity index (χ2v) is 5.65. The van der Waals surface area contributed by atoms with Crippen molar-refractivity contribution in [1.82, 2.24) is 0 Å². The number of rotatable bonds is 8. The van der Waals surface area contributed by atoms with Crippen molar-refractivity contribution in [2.24, 2.45) is 0 Å². The van der Waals surface area contributed by atoms with Crippen molar-refractivity contribution in [3.8, 4) is 5.75 Å². The highest BCUT2D eigenvalue weighted by Crippen LogP contribution is 2.19. The quantitative estimate of drug-likeness (QED) is 0.581. The van der Waals surface area contributed by atoms with Crippen LogP contribution in [0.25, 0.3) is 0 Å². The molecule has 2 aromatic carbocycles. The molecule has 2 rings (SSSR count). The highest BCUT2D eigenvalue weighted by atomic mass is 16.5. The highest BCUT2D eigenvalue weighted by Gasteiger charge is 2.10. The number of ether oxygens (including phenoxy) is 2. The van der Waals surface area contributed by atoms with Crippen LogP contribution >= 0.6 is 0 Å². The molecule has 0 radical (unpaired) electrons. The Hall–Kier alpha value is -3.15. The molecule has 136 valence electrons. The van der Waals surface area contributed by atoms with E-state index in [4.69, 9.17) is 9.47 Å². The molecule has 0 saturated heterocycles. The van der Waals surface area contributed by atoms with Gasteiger partial charge in [0, 0.05) is 17.7 Å². The van der Waals surface area contributed by atoms with Gasteiger partial charge in [-0.3, -0.25) is 14.4 Å². The van der Waals surface area contributed by atoms with Gasteiger partial charge in [0.25, 0.3) is 5.91 Å². The number of methoxy groups -OCH3 is 1. The topological polar surface area (TPSA) is 81.7 Å². The molecule has 0 fully saturated rings. The maximum Gasteiger partial charge on any atom is 0.306 e. The standard InChI is InChI=1S/C20H21NO5/c1-14(22)15-7-10-17(11-8-15)21-19(23)13-26-20(24)12-9-16-5-3-4-6-18(16)25-2/h3-8,10-11H,9,12-13H2,1-2H3,(H,21,23). The number of ketones is 1. The molecule has 6 heteroatoms. The van der Waals surface area contributed by atoms with Crippen LogP contribution in [-0.4, -0.2) is 31.4 Å². The van der Waals surface area contributed by atoms with Gasteiger partial charge in [-0.1, -0.05) is 18.2 Å². The molecule has 0 heterocycles. The van der Waals surface area contributed by atoms with Crippen LogP contribution in [0, 0.1) is 0 Å². The first-order valence-electron chi connectivity index (χ1n) is 8.18. The lowest BCUT2D eigenvalue weighted by Gasteiger charge is -2.09. The summed E-state index contributed by atoms with van der Waals surface area (Å²) in [5.41, 5.74) is 2.00. The van der Waals surface area contributed by atoms with E-state index in [1.54, 1.807) is 31.4 Å². The molecule has 0 spiro atoms. The van der Waals surface area contributed by atoms with E-state index in [1.165, 1.54) is 6.92 Å². The number of para-hydroxylation sites is 1. The molecule has 0 unspecified atom stereocenters. The van der Waals surface area contributed by atoms with Gasteiger partial charge in [-0.05, 0) is 49.2 Å². The molecule has 1 amide bonds. The van der Waals surface area contributed by atoms with Gasteiger partial charge in [0.05, 0.1) is 7.11 Å². The van der Waals surface area contributed by atoms with Gasteiger partial charge in [-0.25, -0.2) is 0 Å². The van der Waals surface area contributed by atoms with Crippen LogP contribution in [0.2, 0.25) is 0 Å². The van der Waals surface area contributed by atoms with Crippen molar-refractivity contribution < 1.29 is 23.9 Å². The molecule has 0 atom stereocenters. The van der Waals surface area contributed by atoms with Crippen molar-refractivity contribution in [2.75, 3.05) is 19.0 Å². The molecular weight excluding hydrogens is 334 g/mol. The Kier molecular flexibility index (Phi) is 6.91. The summed E-state index contributed by atoms with van der Waals surface area (Å²) >= 11 is 0. The summed E-state index contributed by atoms with van der Waals surface area (Å²) in [4.78, 5) is 34.9. The Labute approximate surface area is 152 Å². The summed E-state index contributed by atoms with van der Waals surface area (Å²) in [6.45, 7) is 1.11. The lowest BCUT2D eigenvalue weighted by molar-refractivity contribution is -0.147. The number of hydrogen-bond acceptors (Lipinski definition) is 5. The van der Waals surface area contributed by atoms with Crippen LogP contribution in [0.1, 0.15) is 29.3 Å². The molecule has 0 aliphatic carbocycles. The number of Topliss-reactive ketones (excluding diaryl/α,β-unsaturated/α-hetero) is 1. The third kappa shape index (κ3) is 5.73. The Morgan fingerprint density at radius 1 is 1.00 bits per heavy atom.